The first kappa shape index (κ1) is 11.5. The summed E-state index contributed by atoms with van der Waals surface area (Å²) in [4.78, 5) is 23.2. The van der Waals surface area contributed by atoms with Gasteiger partial charge in [-0.25, -0.2) is 0 Å². The first-order chi connectivity index (χ1) is 6.46. The Morgan fingerprint density at radius 2 is 1.79 bits per heavy atom. The Morgan fingerprint density at radius 1 is 1.29 bits per heavy atom. The number of ketones is 2. The van der Waals surface area contributed by atoms with Gasteiger partial charge in [-0.05, 0) is 16.6 Å². The predicted octanol–water partition coefficient (Wildman–Crippen LogP) is 2.58. The summed E-state index contributed by atoms with van der Waals surface area (Å²) in [6.07, 6.45) is 0.990. The van der Waals surface area contributed by atoms with E-state index in [-0.39, 0.29) is 17.0 Å². The highest BCUT2D eigenvalue weighted by atomic mass is 32.2. The molecule has 0 amide bonds. The lowest BCUT2D eigenvalue weighted by Gasteiger charge is -2.28. The topological polar surface area (TPSA) is 34.1 Å². The third kappa shape index (κ3) is 2.71. The van der Waals surface area contributed by atoms with Crippen molar-refractivity contribution in [1.82, 2.24) is 0 Å². The fraction of sp³-hybridized carbons (Fsp3) is 0.636. The van der Waals surface area contributed by atoms with Crippen molar-refractivity contribution in [3.8, 4) is 0 Å². The van der Waals surface area contributed by atoms with Crippen molar-refractivity contribution in [2.75, 3.05) is 5.75 Å². The van der Waals surface area contributed by atoms with Crippen LogP contribution in [0.1, 0.15) is 33.6 Å². The predicted molar refractivity (Wildman–Crippen MR) is 59.2 cm³/mol. The largest absolute Gasteiger partial charge is 0.294 e. The number of hydrogen-bond donors (Lipinski definition) is 0. The van der Waals surface area contributed by atoms with Crippen LogP contribution in [0.4, 0.5) is 0 Å². The fourth-order valence-corrected chi connectivity index (χ4v) is 2.17. The van der Waals surface area contributed by atoms with E-state index in [0.29, 0.717) is 18.4 Å². The quantitative estimate of drug-likeness (QED) is 0.521. The number of thioether (sulfide) groups is 1. The van der Waals surface area contributed by atoms with Crippen LogP contribution < -0.4 is 0 Å². The lowest BCUT2D eigenvalue weighted by Crippen LogP contribution is -2.31. The third-order valence-corrected chi connectivity index (χ3v) is 2.98. The standard InChI is InChI=1S/C11H16O2S/c1-4-14-7-8-9(12)5-11(2,3)6-10(8)13/h7H,4-6H2,1-3H3. The van der Waals surface area contributed by atoms with Gasteiger partial charge in [-0.15, -0.1) is 11.8 Å². The molecule has 1 aliphatic carbocycles. The maximum atomic E-state index is 11.6. The molecule has 1 aliphatic rings. The monoisotopic (exact) mass is 212 g/mol. The zero-order valence-electron chi connectivity index (χ0n) is 8.92. The summed E-state index contributed by atoms with van der Waals surface area (Å²) in [6, 6.07) is 0. The average molecular weight is 212 g/mol. The summed E-state index contributed by atoms with van der Waals surface area (Å²) in [6.45, 7) is 5.93. The van der Waals surface area contributed by atoms with Crippen LogP contribution in [0.25, 0.3) is 0 Å². The van der Waals surface area contributed by atoms with Crippen LogP contribution in [0.5, 0.6) is 0 Å². The molecule has 0 aromatic rings. The highest BCUT2D eigenvalue weighted by molar-refractivity contribution is 8.02. The van der Waals surface area contributed by atoms with Gasteiger partial charge < -0.3 is 0 Å². The summed E-state index contributed by atoms with van der Waals surface area (Å²) >= 11 is 1.52. The van der Waals surface area contributed by atoms with Crippen LogP contribution in [0, 0.1) is 5.41 Å². The molecule has 3 heteroatoms. The molecular formula is C11H16O2S. The van der Waals surface area contributed by atoms with E-state index in [1.165, 1.54) is 11.8 Å². The molecule has 14 heavy (non-hydrogen) atoms. The van der Waals surface area contributed by atoms with Gasteiger partial charge in [0, 0.05) is 12.8 Å². The molecule has 0 unspecified atom stereocenters. The van der Waals surface area contributed by atoms with Crippen LogP contribution >= 0.6 is 11.8 Å². The van der Waals surface area contributed by atoms with Crippen molar-refractivity contribution in [3.05, 3.63) is 11.0 Å². The SMILES string of the molecule is CCSC=C1C(=O)CC(C)(C)CC1=O. The normalized spacial score (nSPS) is 21.2. The fourth-order valence-electron chi connectivity index (χ4n) is 1.58. The minimum atomic E-state index is -0.150. The molecule has 78 valence electrons. The first-order valence-corrected chi connectivity index (χ1v) is 5.89. The minimum absolute atomic E-state index is 0.00667. The van der Waals surface area contributed by atoms with E-state index in [0.717, 1.165) is 5.75 Å². The Labute approximate surface area is 89.1 Å². The van der Waals surface area contributed by atoms with Gasteiger partial charge in [0.2, 0.25) is 0 Å². The van der Waals surface area contributed by atoms with Crippen molar-refractivity contribution < 1.29 is 9.59 Å². The van der Waals surface area contributed by atoms with Crippen molar-refractivity contribution in [2.24, 2.45) is 5.41 Å². The van der Waals surface area contributed by atoms with E-state index >= 15 is 0 Å². The second kappa shape index (κ2) is 4.30. The number of allylic oxidation sites excluding steroid dienone is 1. The number of hydrogen-bond acceptors (Lipinski definition) is 3. The highest BCUT2D eigenvalue weighted by Gasteiger charge is 2.35. The van der Waals surface area contributed by atoms with Crippen molar-refractivity contribution >= 4 is 23.3 Å². The molecule has 0 atom stereocenters. The van der Waals surface area contributed by atoms with Crippen LogP contribution in [0.3, 0.4) is 0 Å². The van der Waals surface area contributed by atoms with Crippen molar-refractivity contribution in [1.29, 1.82) is 0 Å². The molecule has 2 nitrogen and oxygen atoms in total. The Kier molecular flexibility index (Phi) is 3.53. The van der Waals surface area contributed by atoms with Gasteiger partial charge in [0.25, 0.3) is 0 Å². The van der Waals surface area contributed by atoms with Crippen LogP contribution in [0.15, 0.2) is 11.0 Å². The maximum Gasteiger partial charge on any atom is 0.167 e. The molecule has 0 aliphatic heterocycles. The van der Waals surface area contributed by atoms with Crippen molar-refractivity contribution in [2.45, 2.75) is 33.6 Å². The molecule has 1 saturated carbocycles. The highest BCUT2D eigenvalue weighted by Crippen LogP contribution is 2.34. The van der Waals surface area contributed by atoms with Crippen LogP contribution in [-0.4, -0.2) is 17.3 Å². The van der Waals surface area contributed by atoms with Crippen LogP contribution in [-0.2, 0) is 9.59 Å². The van der Waals surface area contributed by atoms with E-state index in [1.807, 2.05) is 20.8 Å². The molecular weight excluding hydrogens is 196 g/mol. The van der Waals surface area contributed by atoms with Gasteiger partial charge >= 0.3 is 0 Å². The Balaban J connectivity index is 2.81. The Hall–Kier alpha value is -0.570. The number of carbonyl (C=O) groups is 2. The van der Waals surface area contributed by atoms with E-state index in [9.17, 15) is 9.59 Å². The van der Waals surface area contributed by atoms with Gasteiger partial charge in [-0.1, -0.05) is 20.8 Å². The van der Waals surface area contributed by atoms with Gasteiger partial charge in [-0.2, -0.15) is 0 Å². The summed E-state index contributed by atoms with van der Waals surface area (Å²) < 4.78 is 0. The molecule has 0 N–H and O–H groups in total. The smallest absolute Gasteiger partial charge is 0.167 e. The summed E-state index contributed by atoms with van der Waals surface area (Å²) in [7, 11) is 0. The second-order valence-corrected chi connectivity index (χ2v) is 5.50. The third-order valence-electron chi connectivity index (χ3n) is 2.25. The summed E-state index contributed by atoms with van der Waals surface area (Å²) in [5, 5.41) is 1.72. The zero-order valence-corrected chi connectivity index (χ0v) is 9.74. The van der Waals surface area contributed by atoms with Gasteiger partial charge in [-0.3, -0.25) is 9.59 Å². The molecule has 1 rings (SSSR count). The van der Waals surface area contributed by atoms with Gasteiger partial charge in [0.1, 0.15) is 0 Å². The molecule has 0 aromatic heterocycles. The van der Waals surface area contributed by atoms with E-state index < -0.39 is 0 Å². The number of carbonyl (C=O) groups excluding carboxylic acids is 2. The molecule has 0 spiro atoms. The number of rotatable bonds is 2. The summed E-state index contributed by atoms with van der Waals surface area (Å²) in [5.41, 5.74) is 0.263. The molecule has 0 bridgehead atoms. The van der Waals surface area contributed by atoms with Crippen molar-refractivity contribution in [3.63, 3.8) is 0 Å². The van der Waals surface area contributed by atoms with Gasteiger partial charge in [0.05, 0.1) is 5.57 Å². The van der Waals surface area contributed by atoms with E-state index in [2.05, 4.69) is 0 Å². The van der Waals surface area contributed by atoms with Crippen LogP contribution in [0.2, 0.25) is 0 Å². The number of Topliss-reactive ketones (excluding diaryl/α,β-unsaturated/α-hetero) is 2. The van der Waals surface area contributed by atoms with E-state index in [4.69, 9.17) is 0 Å². The Morgan fingerprint density at radius 3 is 2.21 bits per heavy atom. The molecule has 0 saturated heterocycles. The minimum Gasteiger partial charge on any atom is -0.294 e. The molecule has 1 fully saturated rings. The lowest BCUT2D eigenvalue weighted by atomic mass is 9.74. The second-order valence-electron chi connectivity index (χ2n) is 4.35. The molecule has 0 aromatic carbocycles. The molecule has 0 radical (unpaired) electrons. The molecule has 0 heterocycles. The first-order valence-electron chi connectivity index (χ1n) is 4.84. The zero-order chi connectivity index (χ0) is 10.8. The average Bonchev–Trinajstić information content (AvgIpc) is 2.00. The Bertz CT molecular complexity index is 268. The summed E-state index contributed by atoms with van der Waals surface area (Å²) in [5.74, 6) is 0.910. The van der Waals surface area contributed by atoms with E-state index in [1.54, 1.807) is 5.41 Å². The lowest BCUT2D eigenvalue weighted by molar-refractivity contribution is -0.127. The maximum absolute atomic E-state index is 11.6. The van der Waals surface area contributed by atoms with Gasteiger partial charge in [0.15, 0.2) is 11.6 Å².